The van der Waals surface area contributed by atoms with E-state index in [1.54, 1.807) is 24.0 Å². The Morgan fingerprint density at radius 2 is 2.20 bits per heavy atom. The van der Waals surface area contributed by atoms with E-state index in [2.05, 4.69) is 33.6 Å². The number of ether oxygens (including phenoxy) is 1. The maximum Gasteiger partial charge on any atom is 0.407 e. The van der Waals surface area contributed by atoms with Crippen molar-refractivity contribution >= 4 is 6.09 Å². The molecule has 0 radical (unpaired) electrons. The highest BCUT2D eigenvalue weighted by Gasteiger charge is 2.51. The van der Waals surface area contributed by atoms with Crippen LogP contribution in [0.2, 0.25) is 0 Å². The lowest BCUT2D eigenvalue weighted by Gasteiger charge is -2.41. The molecule has 12 heteroatoms. The predicted molar refractivity (Wildman–Crippen MR) is 120 cm³/mol. The van der Waals surface area contributed by atoms with Gasteiger partial charge in [0.25, 0.3) is 0 Å². The summed E-state index contributed by atoms with van der Waals surface area (Å²) in [5, 5.41) is 35.1. The van der Waals surface area contributed by atoms with Gasteiger partial charge in [0.05, 0.1) is 12.2 Å². The molecule has 1 saturated heterocycles. The predicted octanol–water partition coefficient (Wildman–Crippen LogP) is 3.15. The number of piperidine rings is 1. The summed E-state index contributed by atoms with van der Waals surface area (Å²) in [6.45, 7) is 2.49. The van der Waals surface area contributed by atoms with Gasteiger partial charge in [0.15, 0.2) is 17.4 Å². The number of likely N-dealkylation sites (tertiary alicyclic amines) is 1. The largest absolute Gasteiger partial charge is 0.486 e. The van der Waals surface area contributed by atoms with E-state index in [1.807, 2.05) is 0 Å². The quantitative estimate of drug-likeness (QED) is 0.568. The van der Waals surface area contributed by atoms with Crippen LogP contribution >= 0.6 is 0 Å². The third kappa shape index (κ3) is 4.18. The van der Waals surface area contributed by atoms with E-state index in [0.717, 1.165) is 12.8 Å². The Bertz CT molecular complexity index is 1310. The maximum absolute atomic E-state index is 14.7. The van der Waals surface area contributed by atoms with Gasteiger partial charge < -0.3 is 14.7 Å². The summed E-state index contributed by atoms with van der Waals surface area (Å²) in [5.41, 5.74) is 1.39. The van der Waals surface area contributed by atoms with Gasteiger partial charge in [-0.2, -0.15) is 10.4 Å². The maximum atomic E-state index is 14.7. The topological polar surface area (TPSA) is 135 Å². The molecular weight excluding hydrogens is 455 g/mol. The second kappa shape index (κ2) is 8.65. The smallest absolute Gasteiger partial charge is 0.407 e. The summed E-state index contributed by atoms with van der Waals surface area (Å²) in [6, 6.07) is 6.46. The molecule has 1 aromatic carbocycles. The number of aromatic nitrogens is 6. The Balaban J connectivity index is 1.31. The highest BCUT2D eigenvalue weighted by Crippen LogP contribution is 2.53. The third-order valence-electron chi connectivity index (χ3n) is 7.18. The summed E-state index contributed by atoms with van der Waals surface area (Å²) >= 11 is 0. The molecule has 1 saturated carbocycles. The fourth-order valence-corrected chi connectivity index (χ4v) is 4.88. The van der Waals surface area contributed by atoms with E-state index in [-0.39, 0.29) is 29.9 Å². The number of carboxylic acid groups (broad SMARTS) is 1. The van der Waals surface area contributed by atoms with Crippen molar-refractivity contribution in [1.82, 2.24) is 34.9 Å². The average Bonchev–Trinajstić information content (AvgIpc) is 3.25. The summed E-state index contributed by atoms with van der Waals surface area (Å²) in [5.74, 6) is -0.106. The molecule has 0 spiro atoms. The van der Waals surface area contributed by atoms with Gasteiger partial charge in [0, 0.05) is 30.8 Å². The van der Waals surface area contributed by atoms with Gasteiger partial charge in [0.1, 0.15) is 18.4 Å². The molecule has 35 heavy (non-hydrogen) atoms. The Hall–Kier alpha value is -4.01. The second-order valence-corrected chi connectivity index (χ2v) is 9.46. The summed E-state index contributed by atoms with van der Waals surface area (Å²) in [7, 11) is 1.66. The summed E-state index contributed by atoms with van der Waals surface area (Å²) in [6.07, 6.45) is 3.83. The minimum Gasteiger partial charge on any atom is -0.486 e. The van der Waals surface area contributed by atoms with Gasteiger partial charge in [-0.15, -0.1) is 5.10 Å². The molecule has 1 aliphatic carbocycles. The fraction of sp³-hybridized carbons (Fsp3) is 0.478. The second-order valence-electron chi connectivity index (χ2n) is 9.46. The molecule has 11 nitrogen and oxygen atoms in total. The van der Waals surface area contributed by atoms with Gasteiger partial charge in [-0.3, -0.25) is 4.68 Å². The zero-order valence-electron chi connectivity index (χ0n) is 19.4. The number of hydrogen-bond donors (Lipinski definition) is 1. The highest BCUT2D eigenvalue weighted by atomic mass is 19.1. The molecule has 1 aliphatic heterocycles. The number of halogens is 1. The monoisotopic (exact) mass is 480 g/mol. The van der Waals surface area contributed by atoms with Crippen molar-refractivity contribution < 1.29 is 19.0 Å². The van der Waals surface area contributed by atoms with Crippen molar-refractivity contribution in [1.29, 1.82) is 5.26 Å². The molecule has 5 rings (SSSR count). The number of nitrogens with zero attached hydrogens (tertiary/aromatic N) is 8. The van der Waals surface area contributed by atoms with Gasteiger partial charge in [-0.1, -0.05) is 6.92 Å². The van der Waals surface area contributed by atoms with Crippen LogP contribution in [0.3, 0.4) is 0 Å². The van der Waals surface area contributed by atoms with Crippen LogP contribution in [0, 0.1) is 22.6 Å². The summed E-state index contributed by atoms with van der Waals surface area (Å²) in [4.78, 5) is 13.3. The van der Waals surface area contributed by atoms with Crippen LogP contribution < -0.4 is 4.74 Å². The van der Waals surface area contributed by atoms with Gasteiger partial charge in [0.2, 0.25) is 0 Å². The van der Waals surface area contributed by atoms with Crippen LogP contribution in [0.4, 0.5) is 9.18 Å². The number of hydrogen-bond acceptors (Lipinski definition) is 7. The van der Waals surface area contributed by atoms with Gasteiger partial charge in [-0.25, -0.2) is 13.9 Å². The van der Waals surface area contributed by atoms with Gasteiger partial charge >= 0.3 is 6.09 Å². The zero-order chi connectivity index (χ0) is 24.7. The van der Waals surface area contributed by atoms with Crippen LogP contribution in [0.15, 0.2) is 24.4 Å². The molecule has 3 aromatic rings. The first-order chi connectivity index (χ1) is 16.8. The standard InChI is InChI=1S/C23H25FN8O3/c1-23(6-7-23)20-10-16(5-8-31(20)22(33)34)32-18(11-25)15(12-26-32)13-35-19-4-3-14(9-17(19)24)21-27-28-29-30(21)2/h3-4,9,12,16,20H,5-8,10,13H2,1-2H3,(H,33,34). The molecule has 2 unspecified atom stereocenters. The van der Waals surface area contributed by atoms with Gasteiger partial charge in [-0.05, 0) is 59.7 Å². The van der Waals surface area contributed by atoms with Crippen LogP contribution in [-0.2, 0) is 13.7 Å². The van der Waals surface area contributed by atoms with Crippen molar-refractivity contribution in [3.05, 3.63) is 41.5 Å². The van der Waals surface area contributed by atoms with Crippen molar-refractivity contribution in [3.63, 3.8) is 0 Å². The molecule has 2 fully saturated rings. The van der Waals surface area contributed by atoms with Crippen molar-refractivity contribution in [3.8, 4) is 23.2 Å². The molecule has 2 aliphatic rings. The Labute approximate surface area is 200 Å². The number of nitriles is 1. The average molecular weight is 481 g/mol. The molecule has 1 N–H and O–H groups in total. The normalized spacial score (nSPS) is 20.9. The van der Waals surface area contributed by atoms with E-state index in [1.165, 1.54) is 21.7 Å². The van der Waals surface area contributed by atoms with Crippen LogP contribution in [-0.4, -0.2) is 58.7 Å². The molecular formula is C23H25FN8O3. The number of amides is 1. The SMILES string of the molecule is Cn1nnnc1-c1ccc(OCc2cnn(C3CCN(C(=O)O)C(C4(C)CC4)C3)c2C#N)c(F)c1. The Morgan fingerprint density at radius 1 is 1.40 bits per heavy atom. The van der Waals surface area contributed by atoms with E-state index >= 15 is 0 Å². The first-order valence-corrected chi connectivity index (χ1v) is 11.4. The fourth-order valence-electron chi connectivity index (χ4n) is 4.88. The lowest BCUT2D eigenvalue weighted by Crippen LogP contribution is -2.49. The summed E-state index contributed by atoms with van der Waals surface area (Å²) < 4.78 is 23.5. The number of benzene rings is 1. The zero-order valence-corrected chi connectivity index (χ0v) is 19.4. The third-order valence-corrected chi connectivity index (χ3v) is 7.18. The number of aryl methyl sites for hydroxylation is 1. The van der Waals surface area contributed by atoms with Crippen molar-refractivity contribution in [2.75, 3.05) is 6.54 Å². The Morgan fingerprint density at radius 3 is 2.83 bits per heavy atom. The van der Waals surface area contributed by atoms with E-state index in [0.29, 0.717) is 42.0 Å². The molecule has 1 amide bonds. The van der Waals surface area contributed by atoms with E-state index in [4.69, 9.17) is 4.74 Å². The number of carbonyl (C=O) groups is 1. The van der Waals surface area contributed by atoms with Crippen LogP contribution in [0.1, 0.15) is 49.9 Å². The van der Waals surface area contributed by atoms with E-state index < -0.39 is 11.9 Å². The van der Waals surface area contributed by atoms with E-state index in [9.17, 15) is 19.6 Å². The van der Waals surface area contributed by atoms with Crippen molar-refractivity contribution in [2.24, 2.45) is 12.5 Å². The number of tetrazole rings is 1. The minimum atomic E-state index is -0.903. The molecule has 0 bridgehead atoms. The minimum absolute atomic E-state index is 0.0201. The molecule has 182 valence electrons. The molecule has 2 aromatic heterocycles. The lowest BCUT2D eigenvalue weighted by molar-refractivity contribution is 0.0605. The molecule has 2 atom stereocenters. The highest BCUT2D eigenvalue weighted by molar-refractivity contribution is 5.66. The lowest BCUT2D eigenvalue weighted by atomic mass is 9.86. The Kier molecular flexibility index (Phi) is 5.62. The molecule has 3 heterocycles. The number of rotatable bonds is 6. The first-order valence-electron chi connectivity index (χ1n) is 11.4. The first kappa shape index (κ1) is 22.8. The van der Waals surface area contributed by atoms with Crippen LogP contribution in [0.25, 0.3) is 11.4 Å². The van der Waals surface area contributed by atoms with Crippen molar-refractivity contribution in [2.45, 2.75) is 51.3 Å². The van der Waals surface area contributed by atoms with Crippen LogP contribution in [0.5, 0.6) is 5.75 Å².